The minimum Gasteiger partial charge on any atom is -0.481 e. The third-order valence-electron chi connectivity index (χ3n) is 2.81. The van der Waals surface area contributed by atoms with Crippen molar-refractivity contribution < 1.29 is 13.5 Å². The molecule has 1 unspecified atom stereocenters. The molecule has 4 heteroatoms. The van der Waals surface area contributed by atoms with E-state index < -0.39 is 11.9 Å². The second kappa shape index (κ2) is 5.80. The van der Waals surface area contributed by atoms with E-state index in [2.05, 4.69) is 0 Å². The van der Waals surface area contributed by atoms with Gasteiger partial charge in [0.25, 0.3) is 0 Å². The van der Waals surface area contributed by atoms with Gasteiger partial charge in [-0.25, -0.2) is 8.78 Å². The number of hydrogen-bond donors (Lipinski definition) is 1. The van der Waals surface area contributed by atoms with E-state index >= 15 is 0 Å². The number of hydrogen-bond acceptors (Lipinski definition) is 2. The lowest BCUT2D eigenvalue weighted by Gasteiger charge is -2.18. The number of rotatable bonds is 4. The minimum atomic E-state index is -0.503. The fourth-order valence-corrected chi connectivity index (χ4v) is 1.78. The van der Waals surface area contributed by atoms with Gasteiger partial charge < -0.3 is 10.5 Å². The molecule has 0 bridgehead atoms. The van der Waals surface area contributed by atoms with Gasteiger partial charge in [0.2, 0.25) is 0 Å². The highest BCUT2D eigenvalue weighted by Gasteiger charge is 2.14. The quantitative estimate of drug-likeness (QED) is 0.918. The highest BCUT2D eigenvalue weighted by Crippen LogP contribution is 2.25. The number of aryl methyl sites for hydroxylation is 1. The first-order valence-electron chi connectivity index (χ1n) is 5.98. The zero-order valence-corrected chi connectivity index (χ0v) is 10.6. The average molecular weight is 263 g/mol. The first-order chi connectivity index (χ1) is 9.10. The number of halogens is 2. The molecule has 100 valence electrons. The molecule has 2 aromatic rings. The molecule has 2 nitrogen and oxygen atoms in total. The van der Waals surface area contributed by atoms with Crippen LogP contribution in [0.1, 0.15) is 17.2 Å². The smallest absolute Gasteiger partial charge is 0.165 e. The summed E-state index contributed by atoms with van der Waals surface area (Å²) in [5.41, 5.74) is 7.25. The van der Waals surface area contributed by atoms with E-state index in [-0.39, 0.29) is 18.1 Å². The molecule has 2 aromatic carbocycles. The van der Waals surface area contributed by atoms with E-state index in [1.807, 2.05) is 6.92 Å². The molecule has 0 aliphatic rings. The Hall–Kier alpha value is -1.94. The van der Waals surface area contributed by atoms with Crippen LogP contribution in [0.15, 0.2) is 42.5 Å². The summed E-state index contributed by atoms with van der Waals surface area (Å²) in [7, 11) is 0. The van der Waals surface area contributed by atoms with Gasteiger partial charge in [-0.3, -0.25) is 0 Å². The number of nitrogens with two attached hydrogens (primary N) is 1. The van der Waals surface area contributed by atoms with Crippen LogP contribution < -0.4 is 10.5 Å². The van der Waals surface area contributed by atoms with Crippen LogP contribution in [0, 0.1) is 18.6 Å². The molecule has 2 N–H and O–H groups in total. The highest BCUT2D eigenvalue weighted by molar-refractivity contribution is 5.31. The molecule has 0 heterocycles. The van der Waals surface area contributed by atoms with Crippen molar-refractivity contribution in [1.82, 2.24) is 0 Å². The maximum absolute atomic E-state index is 13.6. The summed E-state index contributed by atoms with van der Waals surface area (Å²) in [5, 5.41) is 0. The van der Waals surface area contributed by atoms with Gasteiger partial charge in [0.15, 0.2) is 11.6 Å². The maximum Gasteiger partial charge on any atom is 0.165 e. The lowest BCUT2D eigenvalue weighted by molar-refractivity contribution is 0.204. The monoisotopic (exact) mass is 263 g/mol. The molecule has 0 saturated heterocycles. The lowest BCUT2D eigenvalue weighted by atomic mass is 10.1. The first kappa shape index (κ1) is 13.5. The SMILES string of the molecule is Cc1ccc(F)c(OC(CN)c2ccc(F)cc2)c1. The Balaban J connectivity index is 2.23. The van der Waals surface area contributed by atoms with Gasteiger partial charge in [0, 0.05) is 6.54 Å². The third-order valence-corrected chi connectivity index (χ3v) is 2.81. The molecule has 1 atom stereocenters. The highest BCUT2D eigenvalue weighted by atomic mass is 19.1. The third kappa shape index (κ3) is 3.29. The van der Waals surface area contributed by atoms with Crippen LogP contribution in [0.3, 0.4) is 0 Å². The van der Waals surface area contributed by atoms with E-state index in [4.69, 9.17) is 10.5 Å². The number of benzene rings is 2. The van der Waals surface area contributed by atoms with Gasteiger partial charge in [0.05, 0.1) is 0 Å². The molecule has 19 heavy (non-hydrogen) atoms. The van der Waals surface area contributed by atoms with Gasteiger partial charge >= 0.3 is 0 Å². The topological polar surface area (TPSA) is 35.2 Å². The van der Waals surface area contributed by atoms with Crippen LogP contribution in [0.2, 0.25) is 0 Å². The zero-order chi connectivity index (χ0) is 13.8. The Kier molecular flexibility index (Phi) is 4.12. The fraction of sp³-hybridized carbons (Fsp3) is 0.200. The van der Waals surface area contributed by atoms with Crippen LogP contribution in [0.25, 0.3) is 0 Å². The normalized spacial score (nSPS) is 12.2. The Labute approximate surface area is 110 Å². The summed E-state index contributed by atoms with van der Waals surface area (Å²) in [5.74, 6) is -0.618. The van der Waals surface area contributed by atoms with Crippen molar-refractivity contribution in [2.45, 2.75) is 13.0 Å². The Morgan fingerprint density at radius 2 is 1.79 bits per heavy atom. The van der Waals surface area contributed by atoms with Crippen LogP contribution in [0.4, 0.5) is 8.78 Å². The molecule has 0 amide bonds. The summed E-state index contributed by atoms with van der Waals surface area (Å²) in [6.45, 7) is 2.03. The van der Waals surface area contributed by atoms with Crippen LogP contribution in [-0.4, -0.2) is 6.54 Å². The van der Waals surface area contributed by atoms with Crippen molar-refractivity contribution in [1.29, 1.82) is 0 Å². The second-order valence-electron chi connectivity index (χ2n) is 4.33. The number of ether oxygens (including phenoxy) is 1. The molecule has 2 rings (SSSR count). The van der Waals surface area contributed by atoms with E-state index in [0.717, 1.165) is 5.56 Å². The minimum absolute atomic E-state index is 0.153. The van der Waals surface area contributed by atoms with E-state index in [1.165, 1.54) is 18.2 Å². The second-order valence-corrected chi connectivity index (χ2v) is 4.33. The molecule has 0 aliphatic heterocycles. The summed E-state index contributed by atoms with van der Waals surface area (Å²) < 4.78 is 32.1. The summed E-state index contributed by atoms with van der Waals surface area (Å²) in [6, 6.07) is 10.4. The largest absolute Gasteiger partial charge is 0.481 e. The zero-order valence-electron chi connectivity index (χ0n) is 10.6. The van der Waals surface area contributed by atoms with E-state index in [1.54, 1.807) is 24.3 Å². The van der Waals surface area contributed by atoms with Crippen LogP contribution in [-0.2, 0) is 0 Å². The van der Waals surface area contributed by atoms with Crippen LogP contribution >= 0.6 is 0 Å². The first-order valence-corrected chi connectivity index (χ1v) is 5.98. The maximum atomic E-state index is 13.6. The lowest BCUT2D eigenvalue weighted by Crippen LogP contribution is -2.19. The average Bonchev–Trinajstić information content (AvgIpc) is 2.41. The molecular formula is C15H15F2NO. The Morgan fingerprint density at radius 3 is 2.42 bits per heavy atom. The molecule has 0 aliphatic carbocycles. The van der Waals surface area contributed by atoms with E-state index in [9.17, 15) is 8.78 Å². The molecule has 0 saturated carbocycles. The Bertz CT molecular complexity index is 555. The fourth-order valence-electron chi connectivity index (χ4n) is 1.78. The van der Waals surface area contributed by atoms with Crippen molar-refractivity contribution in [2.75, 3.05) is 6.54 Å². The van der Waals surface area contributed by atoms with Gasteiger partial charge in [0.1, 0.15) is 11.9 Å². The molecule has 0 spiro atoms. The van der Waals surface area contributed by atoms with Crippen molar-refractivity contribution in [3.8, 4) is 5.75 Å². The van der Waals surface area contributed by atoms with Gasteiger partial charge in [-0.2, -0.15) is 0 Å². The predicted octanol–water partition coefficient (Wildman–Crippen LogP) is 3.35. The van der Waals surface area contributed by atoms with Crippen molar-refractivity contribution in [3.63, 3.8) is 0 Å². The predicted molar refractivity (Wildman–Crippen MR) is 70.0 cm³/mol. The van der Waals surface area contributed by atoms with Gasteiger partial charge in [-0.15, -0.1) is 0 Å². The van der Waals surface area contributed by atoms with Crippen molar-refractivity contribution >= 4 is 0 Å². The van der Waals surface area contributed by atoms with Crippen molar-refractivity contribution in [2.24, 2.45) is 5.73 Å². The van der Waals surface area contributed by atoms with Gasteiger partial charge in [-0.05, 0) is 42.3 Å². The summed E-state index contributed by atoms with van der Waals surface area (Å²) in [4.78, 5) is 0. The van der Waals surface area contributed by atoms with Crippen molar-refractivity contribution in [3.05, 3.63) is 65.2 Å². The summed E-state index contributed by atoms with van der Waals surface area (Å²) >= 11 is 0. The molecule has 0 aromatic heterocycles. The molecular weight excluding hydrogens is 248 g/mol. The molecule has 0 fully saturated rings. The Morgan fingerprint density at radius 1 is 1.11 bits per heavy atom. The standard InChI is InChI=1S/C15H15F2NO/c1-10-2-7-13(17)14(8-10)19-15(9-18)11-3-5-12(16)6-4-11/h2-8,15H,9,18H2,1H3. The summed E-state index contributed by atoms with van der Waals surface area (Å²) in [6.07, 6.45) is -0.503. The van der Waals surface area contributed by atoms with Crippen LogP contribution in [0.5, 0.6) is 5.75 Å². The molecule has 0 radical (unpaired) electrons. The van der Waals surface area contributed by atoms with E-state index in [0.29, 0.717) is 5.56 Å². The van der Waals surface area contributed by atoms with Gasteiger partial charge in [-0.1, -0.05) is 18.2 Å².